The molecule has 0 spiro atoms. The summed E-state index contributed by atoms with van der Waals surface area (Å²) in [5.74, 6) is -2.37. The molecule has 0 aromatic heterocycles. The summed E-state index contributed by atoms with van der Waals surface area (Å²) in [5, 5.41) is 0. The quantitative estimate of drug-likeness (QED) is 0.707. The zero-order chi connectivity index (χ0) is 14.8. The summed E-state index contributed by atoms with van der Waals surface area (Å²) in [7, 11) is 0. The lowest BCUT2D eigenvalue weighted by Crippen LogP contribution is -2.51. The van der Waals surface area contributed by atoms with Gasteiger partial charge in [0.05, 0.1) is 5.92 Å². The number of alkyl halides is 4. The number of carbonyl (C=O) groups excluding carboxylic acids is 1. The third kappa shape index (κ3) is 3.41. The molecule has 1 amide bonds. The third-order valence-electron chi connectivity index (χ3n) is 4.59. The highest BCUT2D eigenvalue weighted by Gasteiger charge is 2.49. The Hall–Kier alpha value is -0.450. The predicted octanol–water partition coefficient (Wildman–Crippen LogP) is 3.98. The van der Waals surface area contributed by atoms with Crippen molar-refractivity contribution in [3.05, 3.63) is 0 Å². The Morgan fingerprint density at radius 3 is 2.40 bits per heavy atom. The molecule has 2 fully saturated rings. The van der Waals surface area contributed by atoms with E-state index in [0.29, 0.717) is 31.7 Å². The third-order valence-corrected chi connectivity index (χ3v) is 4.95. The lowest BCUT2D eigenvalue weighted by Gasteiger charge is -2.40. The molecule has 20 heavy (non-hydrogen) atoms. The van der Waals surface area contributed by atoms with E-state index in [1.54, 1.807) is 4.90 Å². The molecule has 1 aliphatic carbocycles. The fourth-order valence-electron chi connectivity index (χ4n) is 3.48. The van der Waals surface area contributed by atoms with Crippen molar-refractivity contribution in [3.63, 3.8) is 0 Å². The van der Waals surface area contributed by atoms with Gasteiger partial charge in [-0.1, -0.05) is 12.8 Å². The standard InChI is InChI=1S/C14H21ClF3NO/c15-9-10-5-3-4-8-19(10)13(20)11-6-1-2-7-12(11)14(16,17)18/h10-12H,1-9H2. The summed E-state index contributed by atoms with van der Waals surface area (Å²) >= 11 is 5.87. The molecule has 0 aromatic rings. The molecule has 1 saturated heterocycles. The minimum absolute atomic E-state index is 0.0826. The summed E-state index contributed by atoms with van der Waals surface area (Å²) in [5.41, 5.74) is 0. The second kappa shape index (κ2) is 6.54. The SMILES string of the molecule is O=C(C1CCCCC1C(F)(F)F)N1CCCCC1CCl. The molecule has 3 atom stereocenters. The van der Waals surface area contributed by atoms with Crippen molar-refractivity contribution in [2.45, 2.75) is 57.2 Å². The van der Waals surface area contributed by atoms with Crippen molar-refractivity contribution >= 4 is 17.5 Å². The van der Waals surface area contributed by atoms with Crippen LogP contribution < -0.4 is 0 Å². The molecular formula is C14H21ClF3NO. The molecule has 3 unspecified atom stereocenters. The van der Waals surface area contributed by atoms with Crippen molar-refractivity contribution < 1.29 is 18.0 Å². The van der Waals surface area contributed by atoms with E-state index in [9.17, 15) is 18.0 Å². The van der Waals surface area contributed by atoms with Gasteiger partial charge in [0.25, 0.3) is 0 Å². The Kier molecular flexibility index (Phi) is 5.21. The summed E-state index contributed by atoms with van der Waals surface area (Å²) in [6, 6.07) is -0.0891. The molecule has 0 radical (unpaired) electrons. The monoisotopic (exact) mass is 311 g/mol. The van der Waals surface area contributed by atoms with Gasteiger partial charge in [-0.05, 0) is 32.1 Å². The highest BCUT2D eigenvalue weighted by atomic mass is 35.5. The summed E-state index contributed by atoms with van der Waals surface area (Å²) in [4.78, 5) is 14.2. The lowest BCUT2D eigenvalue weighted by molar-refractivity contribution is -0.201. The van der Waals surface area contributed by atoms with Crippen LogP contribution in [0.15, 0.2) is 0 Å². The van der Waals surface area contributed by atoms with Crippen molar-refractivity contribution in [3.8, 4) is 0 Å². The number of halogens is 4. The molecule has 1 saturated carbocycles. The highest BCUT2D eigenvalue weighted by Crippen LogP contribution is 2.42. The first-order valence-corrected chi connectivity index (χ1v) is 7.91. The number of nitrogens with zero attached hydrogens (tertiary/aromatic N) is 1. The van der Waals surface area contributed by atoms with Crippen LogP contribution in [0.2, 0.25) is 0 Å². The molecule has 116 valence electrons. The molecule has 1 heterocycles. The van der Waals surface area contributed by atoms with E-state index in [2.05, 4.69) is 0 Å². The lowest BCUT2D eigenvalue weighted by atomic mass is 9.77. The van der Waals surface area contributed by atoms with Crippen molar-refractivity contribution in [1.29, 1.82) is 0 Å². The van der Waals surface area contributed by atoms with Gasteiger partial charge in [0, 0.05) is 24.4 Å². The molecule has 1 aliphatic heterocycles. The normalized spacial score (nSPS) is 32.2. The summed E-state index contributed by atoms with van der Waals surface area (Å²) in [6.45, 7) is 0.553. The predicted molar refractivity (Wildman–Crippen MR) is 71.6 cm³/mol. The summed E-state index contributed by atoms with van der Waals surface area (Å²) < 4.78 is 39.3. The van der Waals surface area contributed by atoms with Gasteiger partial charge >= 0.3 is 6.18 Å². The average Bonchev–Trinajstić information content (AvgIpc) is 2.45. The Morgan fingerprint density at radius 2 is 1.75 bits per heavy atom. The Morgan fingerprint density at radius 1 is 1.10 bits per heavy atom. The molecule has 6 heteroatoms. The first-order valence-electron chi connectivity index (χ1n) is 7.38. The van der Waals surface area contributed by atoms with Gasteiger partial charge in [-0.15, -0.1) is 11.6 Å². The minimum atomic E-state index is -4.27. The molecule has 0 bridgehead atoms. The van der Waals surface area contributed by atoms with E-state index in [4.69, 9.17) is 11.6 Å². The van der Waals surface area contributed by atoms with E-state index in [-0.39, 0.29) is 18.4 Å². The maximum Gasteiger partial charge on any atom is 0.392 e. The largest absolute Gasteiger partial charge is 0.392 e. The number of amides is 1. The van der Waals surface area contributed by atoms with Gasteiger partial charge in [-0.3, -0.25) is 4.79 Å². The first-order chi connectivity index (χ1) is 9.45. The number of rotatable bonds is 2. The average molecular weight is 312 g/mol. The maximum absolute atomic E-state index is 13.1. The zero-order valence-corrected chi connectivity index (χ0v) is 12.2. The van der Waals surface area contributed by atoms with Crippen LogP contribution in [-0.4, -0.2) is 35.4 Å². The van der Waals surface area contributed by atoms with Gasteiger partial charge in [0.15, 0.2) is 0 Å². The van der Waals surface area contributed by atoms with Gasteiger partial charge < -0.3 is 4.90 Å². The van der Waals surface area contributed by atoms with Crippen LogP contribution in [0.25, 0.3) is 0 Å². The van der Waals surface area contributed by atoms with Crippen molar-refractivity contribution in [2.75, 3.05) is 12.4 Å². The van der Waals surface area contributed by atoms with Gasteiger partial charge in [-0.2, -0.15) is 13.2 Å². The van der Waals surface area contributed by atoms with Crippen LogP contribution in [0.4, 0.5) is 13.2 Å². The first kappa shape index (κ1) is 15.9. The van der Waals surface area contributed by atoms with Gasteiger partial charge in [0.2, 0.25) is 5.91 Å². The number of hydrogen-bond donors (Lipinski definition) is 0. The van der Waals surface area contributed by atoms with E-state index < -0.39 is 18.0 Å². The molecule has 2 aliphatic rings. The fraction of sp³-hybridized carbons (Fsp3) is 0.929. The van der Waals surface area contributed by atoms with Gasteiger partial charge in [-0.25, -0.2) is 0 Å². The van der Waals surface area contributed by atoms with Crippen LogP contribution in [-0.2, 0) is 4.79 Å². The number of likely N-dealkylation sites (tertiary alicyclic amines) is 1. The number of carbonyl (C=O) groups is 1. The minimum Gasteiger partial charge on any atom is -0.338 e. The van der Waals surface area contributed by atoms with E-state index >= 15 is 0 Å². The Bertz CT molecular complexity index is 348. The van der Waals surface area contributed by atoms with Crippen LogP contribution >= 0.6 is 11.6 Å². The fourth-order valence-corrected chi connectivity index (χ4v) is 3.80. The van der Waals surface area contributed by atoms with Crippen molar-refractivity contribution in [1.82, 2.24) is 4.90 Å². The molecule has 2 nitrogen and oxygen atoms in total. The zero-order valence-electron chi connectivity index (χ0n) is 11.5. The van der Waals surface area contributed by atoms with Crippen LogP contribution in [0.3, 0.4) is 0 Å². The molecule has 0 N–H and O–H groups in total. The molecule has 2 rings (SSSR count). The van der Waals surface area contributed by atoms with E-state index in [1.165, 1.54) is 0 Å². The van der Waals surface area contributed by atoms with Crippen LogP contribution in [0.1, 0.15) is 44.9 Å². The molecular weight excluding hydrogens is 291 g/mol. The van der Waals surface area contributed by atoms with Crippen LogP contribution in [0, 0.1) is 11.8 Å². The maximum atomic E-state index is 13.1. The van der Waals surface area contributed by atoms with E-state index in [1.807, 2.05) is 0 Å². The van der Waals surface area contributed by atoms with Crippen LogP contribution in [0.5, 0.6) is 0 Å². The number of hydrogen-bond acceptors (Lipinski definition) is 1. The second-order valence-corrected chi connectivity index (χ2v) is 6.18. The smallest absolute Gasteiger partial charge is 0.338 e. The Labute approximate surface area is 122 Å². The van der Waals surface area contributed by atoms with Crippen molar-refractivity contribution in [2.24, 2.45) is 11.8 Å². The highest BCUT2D eigenvalue weighted by molar-refractivity contribution is 6.18. The van der Waals surface area contributed by atoms with Gasteiger partial charge in [0.1, 0.15) is 0 Å². The Balaban J connectivity index is 2.12. The van der Waals surface area contributed by atoms with E-state index in [0.717, 1.165) is 19.3 Å². The summed E-state index contributed by atoms with van der Waals surface area (Å²) in [6.07, 6.45) is 0.103. The molecule has 0 aromatic carbocycles. The topological polar surface area (TPSA) is 20.3 Å². The number of piperidine rings is 1. The second-order valence-electron chi connectivity index (χ2n) is 5.87.